The molecule has 0 aliphatic carbocycles. The Kier molecular flexibility index (Phi) is 4.88. The Balaban J connectivity index is 1.77. The van der Waals surface area contributed by atoms with E-state index in [4.69, 9.17) is 4.74 Å². The lowest BCUT2D eigenvalue weighted by Gasteiger charge is -2.13. The summed E-state index contributed by atoms with van der Waals surface area (Å²) in [5, 5.41) is 2.92. The number of amides is 1. The van der Waals surface area contributed by atoms with Gasteiger partial charge in [-0.3, -0.25) is 9.59 Å². The summed E-state index contributed by atoms with van der Waals surface area (Å²) in [6, 6.07) is 13.7. The SMILES string of the molecule is CC(=O)c1ccccc1-c1ccc2c(c1)CC(CNC(=O)C(C)C)O2. The van der Waals surface area contributed by atoms with Crippen LogP contribution in [0.25, 0.3) is 11.1 Å². The molecule has 1 atom stereocenters. The topological polar surface area (TPSA) is 55.4 Å². The largest absolute Gasteiger partial charge is 0.488 e. The lowest BCUT2D eigenvalue weighted by Crippen LogP contribution is -2.36. The standard InChI is InChI=1S/C21H23NO3/c1-13(2)21(24)22-12-17-11-16-10-15(8-9-20(16)25-17)19-7-5-4-6-18(19)14(3)23/h4-10,13,17H,11-12H2,1-3H3,(H,22,24). The molecule has 0 bridgehead atoms. The predicted molar refractivity (Wildman–Crippen MR) is 97.9 cm³/mol. The molecule has 1 unspecified atom stereocenters. The van der Waals surface area contributed by atoms with E-state index in [1.54, 1.807) is 6.92 Å². The normalized spacial score (nSPS) is 15.6. The van der Waals surface area contributed by atoms with Gasteiger partial charge in [0.1, 0.15) is 11.9 Å². The molecule has 4 heteroatoms. The Morgan fingerprint density at radius 3 is 2.68 bits per heavy atom. The molecule has 1 aliphatic heterocycles. The predicted octanol–water partition coefficient (Wildman–Crippen LogP) is 3.63. The van der Waals surface area contributed by atoms with E-state index in [1.807, 2.05) is 50.2 Å². The van der Waals surface area contributed by atoms with Crippen molar-refractivity contribution in [3.8, 4) is 16.9 Å². The molecule has 130 valence electrons. The summed E-state index contributed by atoms with van der Waals surface area (Å²) in [6.07, 6.45) is 0.708. The van der Waals surface area contributed by atoms with Gasteiger partial charge in [-0.05, 0) is 35.7 Å². The molecule has 1 amide bonds. The van der Waals surface area contributed by atoms with Gasteiger partial charge in [-0.1, -0.05) is 44.2 Å². The number of fused-ring (bicyclic) bond motifs is 1. The third kappa shape index (κ3) is 3.73. The van der Waals surface area contributed by atoms with E-state index in [9.17, 15) is 9.59 Å². The Morgan fingerprint density at radius 1 is 1.20 bits per heavy atom. The molecule has 1 N–H and O–H groups in total. The number of ketones is 1. The lowest BCUT2D eigenvalue weighted by atomic mass is 9.95. The number of carbonyl (C=O) groups is 2. The van der Waals surface area contributed by atoms with Crippen LogP contribution in [-0.4, -0.2) is 24.3 Å². The maximum absolute atomic E-state index is 11.9. The van der Waals surface area contributed by atoms with Crippen molar-refractivity contribution in [2.24, 2.45) is 5.92 Å². The maximum atomic E-state index is 11.9. The first-order valence-corrected chi connectivity index (χ1v) is 8.63. The number of nitrogens with one attached hydrogen (secondary N) is 1. The van der Waals surface area contributed by atoms with Crippen LogP contribution in [-0.2, 0) is 11.2 Å². The Morgan fingerprint density at radius 2 is 1.96 bits per heavy atom. The average molecular weight is 337 g/mol. The number of hydrogen-bond acceptors (Lipinski definition) is 3. The van der Waals surface area contributed by atoms with Crippen molar-refractivity contribution in [2.45, 2.75) is 33.3 Å². The fourth-order valence-electron chi connectivity index (χ4n) is 3.06. The molecular formula is C21H23NO3. The second kappa shape index (κ2) is 7.09. The zero-order valence-electron chi connectivity index (χ0n) is 14.8. The van der Waals surface area contributed by atoms with Crippen LogP contribution in [0.5, 0.6) is 5.75 Å². The van der Waals surface area contributed by atoms with Gasteiger partial charge in [0.15, 0.2) is 5.78 Å². The summed E-state index contributed by atoms with van der Waals surface area (Å²) in [5.74, 6) is 0.920. The van der Waals surface area contributed by atoms with Crippen LogP contribution in [0.2, 0.25) is 0 Å². The van der Waals surface area contributed by atoms with Gasteiger partial charge in [0.05, 0.1) is 6.54 Å². The van der Waals surface area contributed by atoms with Crippen molar-refractivity contribution >= 4 is 11.7 Å². The van der Waals surface area contributed by atoms with Gasteiger partial charge in [0.2, 0.25) is 5.91 Å². The highest BCUT2D eigenvalue weighted by Crippen LogP contribution is 2.34. The highest BCUT2D eigenvalue weighted by molar-refractivity contribution is 6.00. The first-order valence-electron chi connectivity index (χ1n) is 8.63. The average Bonchev–Trinajstić information content (AvgIpc) is 3.01. The van der Waals surface area contributed by atoms with Crippen molar-refractivity contribution < 1.29 is 14.3 Å². The van der Waals surface area contributed by atoms with E-state index in [2.05, 4.69) is 11.4 Å². The van der Waals surface area contributed by atoms with Gasteiger partial charge in [-0.2, -0.15) is 0 Å². The molecule has 3 rings (SSSR count). The van der Waals surface area contributed by atoms with E-state index in [0.29, 0.717) is 6.54 Å². The van der Waals surface area contributed by atoms with Crippen LogP contribution in [0, 0.1) is 5.92 Å². The van der Waals surface area contributed by atoms with Gasteiger partial charge >= 0.3 is 0 Å². The highest BCUT2D eigenvalue weighted by atomic mass is 16.5. The minimum absolute atomic E-state index is 0.0292. The summed E-state index contributed by atoms with van der Waals surface area (Å²) in [7, 11) is 0. The number of benzene rings is 2. The molecule has 0 aromatic heterocycles. The Bertz CT molecular complexity index is 811. The first kappa shape index (κ1) is 17.2. The minimum atomic E-state index is -0.0454. The van der Waals surface area contributed by atoms with E-state index >= 15 is 0 Å². The van der Waals surface area contributed by atoms with Crippen LogP contribution >= 0.6 is 0 Å². The van der Waals surface area contributed by atoms with Crippen molar-refractivity contribution in [3.63, 3.8) is 0 Å². The number of hydrogen-bond donors (Lipinski definition) is 1. The van der Waals surface area contributed by atoms with Gasteiger partial charge in [-0.15, -0.1) is 0 Å². The van der Waals surface area contributed by atoms with Gasteiger partial charge in [0.25, 0.3) is 0 Å². The Hall–Kier alpha value is -2.62. The fourth-order valence-corrected chi connectivity index (χ4v) is 3.06. The first-order chi connectivity index (χ1) is 12.0. The number of rotatable bonds is 5. The second-order valence-corrected chi connectivity index (χ2v) is 6.77. The summed E-state index contributed by atoms with van der Waals surface area (Å²) in [4.78, 5) is 23.6. The minimum Gasteiger partial charge on any atom is -0.488 e. The lowest BCUT2D eigenvalue weighted by molar-refractivity contribution is -0.124. The van der Waals surface area contributed by atoms with E-state index in [1.165, 1.54) is 0 Å². The second-order valence-electron chi connectivity index (χ2n) is 6.77. The summed E-state index contributed by atoms with van der Waals surface area (Å²) in [6.45, 7) is 5.84. The number of ether oxygens (including phenoxy) is 1. The van der Waals surface area contributed by atoms with Crippen LogP contribution < -0.4 is 10.1 Å². The highest BCUT2D eigenvalue weighted by Gasteiger charge is 2.24. The summed E-state index contributed by atoms with van der Waals surface area (Å²) < 4.78 is 5.92. The summed E-state index contributed by atoms with van der Waals surface area (Å²) in [5.41, 5.74) is 3.79. The molecule has 0 radical (unpaired) electrons. The number of Topliss-reactive ketones (excluding diaryl/α,β-unsaturated/α-hetero) is 1. The maximum Gasteiger partial charge on any atom is 0.222 e. The van der Waals surface area contributed by atoms with Crippen molar-refractivity contribution in [1.82, 2.24) is 5.32 Å². The molecule has 4 nitrogen and oxygen atoms in total. The molecule has 0 spiro atoms. The van der Waals surface area contributed by atoms with Crippen LogP contribution in [0.1, 0.15) is 36.7 Å². The van der Waals surface area contributed by atoms with Crippen LogP contribution in [0.4, 0.5) is 0 Å². The fraction of sp³-hybridized carbons (Fsp3) is 0.333. The quantitative estimate of drug-likeness (QED) is 0.848. The zero-order chi connectivity index (χ0) is 18.0. The smallest absolute Gasteiger partial charge is 0.222 e. The molecule has 1 aliphatic rings. The molecule has 2 aromatic carbocycles. The molecule has 0 saturated heterocycles. The molecular weight excluding hydrogens is 314 g/mol. The zero-order valence-corrected chi connectivity index (χ0v) is 14.8. The molecule has 0 saturated carbocycles. The molecule has 25 heavy (non-hydrogen) atoms. The molecule has 0 fully saturated rings. The molecule has 2 aromatic rings. The van der Waals surface area contributed by atoms with E-state index in [-0.39, 0.29) is 23.7 Å². The molecule has 1 heterocycles. The van der Waals surface area contributed by atoms with Gasteiger partial charge in [0, 0.05) is 17.9 Å². The third-order valence-electron chi connectivity index (χ3n) is 4.45. The van der Waals surface area contributed by atoms with Crippen LogP contribution in [0.15, 0.2) is 42.5 Å². The van der Waals surface area contributed by atoms with Crippen molar-refractivity contribution in [2.75, 3.05) is 6.54 Å². The third-order valence-corrected chi connectivity index (χ3v) is 4.45. The van der Waals surface area contributed by atoms with E-state index < -0.39 is 0 Å². The summed E-state index contributed by atoms with van der Waals surface area (Å²) >= 11 is 0. The monoisotopic (exact) mass is 337 g/mol. The van der Waals surface area contributed by atoms with Gasteiger partial charge in [-0.25, -0.2) is 0 Å². The number of carbonyl (C=O) groups excluding carboxylic acids is 2. The van der Waals surface area contributed by atoms with E-state index in [0.717, 1.165) is 34.4 Å². The van der Waals surface area contributed by atoms with Crippen molar-refractivity contribution in [3.05, 3.63) is 53.6 Å². The van der Waals surface area contributed by atoms with Crippen LogP contribution in [0.3, 0.4) is 0 Å². The Labute approximate surface area is 148 Å². The van der Waals surface area contributed by atoms with Gasteiger partial charge < -0.3 is 10.1 Å². The van der Waals surface area contributed by atoms with Crippen molar-refractivity contribution in [1.29, 1.82) is 0 Å².